The maximum atomic E-state index is 11.7. The number of methoxy groups -OCH3 is 1. The molecule has 4 aromatic rings. The van der Waals surface area contributed by atoms with Crippen LogP contribution in [0.3, 0.4) is 0 Å². The number of hydrogen-bond acceptors (Lipinski definition) is 8. The predicted octanol–water partition coefficient (Wildman–Crippen LogP) is 6.43. The van der Waals surface area contributed by atoms with Gasteiger partial charge in [0, 0.05) is 10.6 Å². The van der Waals surface area contributed by atoms with E-state index in [9.17, 15) is 10.1 Å². The van der Waals surface area contributed by atoms with Crippen LogP contribution < -0.4 is 14.2 Å². The standard InChI is InChI=1S/C27H27BrN4O5S/c1-4-36-24-15-20(14-23(28)26(24)37-17-19-8-6-5-7-9-19)25(16-31(33)34)38-27-30-29-18(2)32(27)21-10-12-22(35-3)13-11-21/h5-15,25H,4,16-17H2,1-3H3/t25-/m1/s1. The third-order valence-electron chi connectivity index (χ3n) is 5.62. The van der Waals surface area contributed by atoms with Gasteiger partial charge in [-0.05, 0) is 77.3 Å². The van der Waals surface area contributed by atoms with Crippen molar-refractivity contribution in [2.45, 2.75) is 30.9 Å². The van der Waals surface area contributed by atoms with E-state index in [1.807, 2.05) is 79.1 Å². The zero-order valence-electron chi connectivity index (χ0n) is 21.2. The molecule has 38 heavy (non-hydrogen) atoms. The number of halogens is 1. The number of nitro groups is 1. The molecule has 4 rings (SSSR count). The van der Waals surface area contributed by atoms with Gasteiger partial charge in [0.25, 0.3) is 0 Å². The Bertz CT molecular complexity index is 1380. The van der Waals surface area contributed by atoms with E-state index in [2.05, 4.69) is 26.1 Å². The van der Waals surface area contributed by atoms with Crippen molar-refractivity contribution in [3.8, 4) is 22.9 Å². The number of aryl methyl sites for hydroxylation is 1. The lowest BCUT2D eigenvalue weighted by molar-refractivity contribution is -0.479. The summed E-state index contributed by atoms with van der Waals surface area (Å²) in [6, 6.07) is 20.9. The highest BCUT2D eigenvalue weighted by Crippen LogP contribution is 2.43. The number of ether oxygens (including phenoxy) is 3. The highest BCUT2D eigenvalue weighted by atomic mass is 79.9. The van der Waals surface area contributed by atoms with Crippen LogP contribution in [0.1, 0.15) is 29.1 Å². The highest BCUT2D eigenvalue weighted by molar-refractivity contribution is 9.10. The van der Waals surface area contributed by atoms with Crippen LogP contribution in [0.2, 0.25) is 0 Å². The van der Waals surface area contributed by atoms with Crippen LogP contribution >= 0.6 is 27.7 Å². The minimum absolute atomic E-state index is 0.318. The van der Waals surface area contributed by atoms with Crippen molar-refractivity contribution in [3.05, 3.63) is 98.3 Å². The van der Waals surface area contributed by atoms with Crippen LogP contribution in [0.5, 0.6) is 17.2 Å². The van der Waals surface area contributed by atoms with Crippen LogP contribution in [-0.2, 0) is 6.61 Å². The second kappa shape index (κ2) is 12.8. The van der Waals surface area contributed by atoms with Gasteiger partial charge < -0.3 is 14.2 Å². The lowest BCUT2D eigenvalue weighted by atomic mass is 10.1. The number of rotatable bonds is 12. The van der Waals surface area contributed by atoms with Gasteiger partial charge in [-0.1, -0.05) is 42.1 Å². The number of thioether (sulfide) groups is 1. The van der Waals surface area contributed by atoms with Gasteiger partial charge in [-0.25, -0.2) is 0 Å². The monoisotopic (exact) mass is 598 g/mol. The largest absolute Gasteiger partial charge is 0.497 e. The third kappa shape index (κ3) is 6.65. The minimum atomic E-state index is -0.565. The number of nitrogens with zero attached hydrogens (tertiary/aromatic N) is 4. The minimum Gasteiger partial charge on any atom is -0.497 e. The first kappa shape index (κ1) is 27.5. The Morgan fingerprint density at radius 1 is 1.08 bits per heavy atom. The molecule has 0 fully saturated rings. The second-order valence-corrected chi connectivity index (χ2v) is 10.2. The van der Waals surface area contributed by atoms with E-state index >= 15 is 0 Å². The van der Waals surface area contributed by atoms with Gasteiger partial charge in [0.2, 0.25) is 6.54 Å². The lowest BCUT2D eigenvalue weighted by Gasteiger charge is -2.19. The van der Waals surface area contributed by atoms with E-state index in [0.29, 0.717) is 45.7 Å². The molecule has 0 saturated heterocycles. The summed E-state index contributed by atoms with van der Waals surface area (Å²) >= 11 is 4.87. The summed E-state index contributed by atoms with van der Waals surface area (Å²) in [7, 11) is 1.61. The molecule has 0 unspecified atom stereocenters. The summed E-state index contributed by atoms with van der Waals surface area (Å²) in [5, 5.41) is 20.2. The maximum absolute atomic E-state index is 11.7. The van der Waals surface area contributed by atoms with Gasteiger partial charge in [-0.15, -0.1) is 10.2 Å². The summed E-state index contributed by atoms with van der Waals surface area (Å²) in [4.78, 5) is 11.4. The molecule has 1 aromatic heterocycles. The molecule has 198 valence electrons. The maximum Gasteiger partial charge on any atom is 0.220 e. The number of benzene rings is 3. The Hall–Kier alpha value is -3.57. The Kier molecular flexibility index (Phi) is 9.24. The van der Waals surface area contributed by atoms with Crippen molar-refractivity contribution in [2.24, 2.45) is 0 Å². The Balaban J connectivity index is 1.66. The molecular formula is C27H27BrN4O5S. The Morgan fingerprint density at radius 2 is 1.82 bits per heavy atom. The molecule has 0 N–H and O–H groups in total. The molecule has 11 heteroatoms. The molecule has 0 bridgehead atoms. The first-order valence-electron chi connectivity index (χ1n) is 11.9. The van der Waals surface area contributed by atoms with E-state index in [1.165, 1.54) is 11.8 Å². The van der Waals surface area contributed by atoms with E-state index in [0.717, 1.165) is 17.0 Å². The molecule has 0 saturated carbocycles. The fraction of sp³-hybridized carbons (Fsp3) is 0.259. The summed E-state index contributed by atoms with van der Waals surface area (Å²) in [6.45, 7) is 4.17. The third-order valence-corrected chi connectivity index (χ3v) is 7.39. The van der Waals surface area contributed by atoms with Crippen molar-refractivity contribution in [1.82, 2.24) is 14.8 Å². The Labute approximate surface area is 233 Å². The van der Waals surface area contributed by atoms with E-state index in [1.54, 1.807) is 13.2 Å². The van der Waals surface area contributed by atoms with Gasteiger partial charge in [0.15, 0.2) is 16.7 Å². The van der Waals surface area contributed by atoms with Gasteiger partial charge in [0.05, 0.1) is 18.2 Å². The average molecular weight is 600 g/mol. The number of hydrogen-bond donors (Lipinski definition) is 0. The molecule has 0 amide bonds. The summed E-state index contributed by atoms with van der Waals surface area (Å²) in [6.07, 6.45) is 0. The number of aromatic nitrogens is 3. The first-order valence-corrected chi connectivity index (χ1v) is 13.5. The normalized spacial score (nSPS) is 11.7. The summed E-state index contributed by atoms with van der Waals surface area (Å²) in [5.41, 5.74) is 2.55. The average Bonchev–Trinajstić information content (AvgIpc) is 3.27. The molecule has 1 heterocycles. The van der Waals surface area contributed by atoms with E-state index in [4.69, 9.17) is 14.2 Å². The lowest BCUT2D eigenvalue weighted by Crippen LogP contribution is -2.12. The van der Waals surface area contributed by atoms with E-state index < -0.39 is 5.25 Å². The topological polar surface area (TPSA) is 102 Å². The Morgan fingerprint density at radius 3 is 2.47 bits per heavy atom. The van der Waals surface area contributed by atoms with Crippen molar-refractivity contribution in [1.29, 1.82) is 0 Å². The molecule has 0 aliphatic heterocycles. The molecular weight excluding hydrogens is 572 g/mol. The quantitative estimate of drug-likeness (QED) is 0.104. The zero-order chi connectivity index (χ0) is 27.1. The van der Waals surface area contributed by atoms with Crippen LogP contribution in [0.25, 0.3) is 5.69 Å². The fourth-order valence-electron chi connectivity index (χ4n) is 3.83. The van der Waals surface area contributed by atoms with Crippen LogP contribution in [-0.4, -0.2) is 39.9 Å². The molecule has 9 nitrogen and oxygen atoms in total. The van der Waals surface area contributed by atoms with Crippen molar-refractivity contribution < 1.29 is 19.1 Å². The van der Waals surface area contributed by atoms with Gasteiger partial charge in [-0.2, -0.15) is 0 Å². The zero-order valence-corrected chi connectivity index (χ0v) is 23.6. The molecule has 0 aliphatic rings. The van der Waals surface area contributed by atoms with Gasteiger partial charge >= 0.3 is 0 Å². The molecule has 0 radical (unpaired) electrons. The SMILES string of the molecule is CCOc1cc([C@@H](C[N+](=O)[O-])Sc2nnc(C)n2-c2ccc(OC)cc2)cc(Br)c1OCc1ccccc1. The van der Waals surface area contributed by atoms with Crippen molar-refractivity contribution in [2.75, 3.05) is 20.3 Å². The van der Waals surface area contributed by atoms with Crippen LogP contribution in [0.4, 0.5) is 0 Å². The van der Waals surface area contributed by atoms with Gasteiger partial charge in [-0.3, -0.25) is 14.7 Å². The molecule has 0 spiro atoms. The fourth-order valence-corrected chi connectivity index (χ4v) is 5.56. The summed E-state index contributed by atoms with van der Waals surface area (Å²) < 4.78 is 19.8. The predicted molar refractivity (Wildman–Crippen MR) is 149 cm³/mol. The molecule has 0 aliphatic carbocycles. The van der Waals surface area contributed by atoms with Crippen LogP contribution in [0, 0.1) is 17.0 Å². The van der Waals surface area contributed by atoms with Crippen molar-refractivity contribution >= 4 is 27.7 Å². The molecule has 1 atom stereocenters. The van der Waals surface area contributed by atoms with Crippen molar-refractivity contribution in [3.63, 3.8) is 0 Å². The highest BCUT2D eigenvalue weighted by Gasteiger charge is 2.26. The van der Waals surface area contributed by atoms with Gasteiger partial charge in [0.1, 0.15) is 23.4 Å². The summed E-state index contributed by atoms with van der Waals surface area (Å²) in [5.74, 6) is 2.44. The second-order valence-electron chi connectivity index (χ2n) is 8.22. The first-order chi connectivity index (χ1) is 18.4. The van der Waals surface area contributed by atoms with Crippen LogP contribution in [0.15, 0.2) is 76.4 Å². The molecule has 3 aromatic carbocycles. The van der Waals surface area contributed by atoms with E-state index in [-0.39, 0.29) is 11.5 Å². The smallest absolute Gasteiger partial charge is 0.220 e.